The van der Waals surface area contributed by atoms with E-state index in [-0.39, 0.29) is 5.41 Å². The van der Waals surface area contributed by atoms with E-state index in [2.05, 4.69) is 50.1 Å². The molecule has 2 aromatic heterocycles. The van der Waals surface area contributed by atoms with Crippen LogP contribution in [0.5, 0.6) is 0 Å². The summed E-state index contributed by atoms with van der Waals surface area (Å²) in [5.74, 6) is 0. The maximum absolute atomic E-state index is 4.54. The molecule has 18 heavy (non-hydrogen) atoms. The summed E-state index contributed by atoms with van der Waals surface area (Å²) in [5.41, 5.74) is 0.223. The van der Waals surface area contributed by atoms with Gasteiger partial charge in [0, 0.05) is 22.0 Å². The number of thiophene rings is 1. The lowest BCUT2D eigenvalue weighted by molar-refractivity contribution is 0.604. The van der Waals surface area contributed by atoms with Crippen molar-refractivity contribution in [2.75, 3.05) is 7.05 Å². The Hall–Kier alpha value is -0.710. The van der Waals surface area contributed by atoms with Crippen molar-refractivity contribution in [3.05, 3.63) is 28.1 Å². The SMILES string of the molecule is CNC(C)c1cnc(-c2ccc(C(C)(C)C)s2)s1. The maximum atomic E-state index is 4.54. The Morgan fingerprint density at radius 1 is 1.22 bits per heavy atom. The topological polar surface area (TPSA) is 24.9 Å². The van der Waals surface area contributed by atoms with Gasteiger partial charge in [-0.1, -0.05) is 20.8 Å². The molecule has 4 heteroatoms. The summed E-state index contributed by atoms with van der Waals surface area (Å²) in [6.07, 6.45) is 1.98. The van der Waals surface area contributed by atoms with Gasteiger partial charge in [-0.2, -0.15) is 0 Å². The van der Waals surface area contributed by atoms with Crippen LogP contribution in [0.2, 0.25) is 0 Å². The summed E-state index contributed by atoms with van der Waals surface area (Å²) < 4.78 is 0. The molecule has 2 aromatic rings. The molecule has 0 spiro atoms. The summed E-state index contributed by atoms with van der Waals surface area (Å²) >= 11 is 3.63. The predicted molar refractivity (Wildman–Crippen MR) is 81.6 cm³/mol. The lowest BCUT2D eigenvalue weighted by Gasteiger charge is -2.15. The van der Waals surface area contributed by atoms with Gasteiger partial charge < -0.3 is 5.32 Å². The van der Waals surface area contributed by atoms with Crippen LogP contribution in [0.3, 0.4) is 0 Å². The number of hydrogen-bond donors (Lipinski definition) is 1. The van der Waals surface area contributed by atoms with Crippen molar-refractivity contribution in [2.45, 2.75) is 39.2 Å². The summed E-state index contributed by atoms with van der Waals surface area (Å²) in [7, 11) is 1.98. The van der Waals surface area contributed by atoms with E-state index in [4.69, 9.17) is 0 Å². The highest BCUT2D eigenvalue weighted by Crippen LogP contribution is 2.37. The Balaban J connectivity index is 2.27. The zero-order valence-corrected chi connectivity index (χ0v) is 13.2. The molecule has 0 aliphatic rings. The van der Waals surface area contributed by atoms with Crippen LogP contribution in [-0.2, 0) is 5.41 Å². The van der Waals surface area contributed by atoms with Crippen molar-refractivity contribution in [2.24, 2.45) is 0 Å². The van der Waals surface area contributed by atoms with E-state index in [1.54, 1.807) is 11.3 Å². The Kier molecular flexibility index (Phi) is 3.90. The molecule has 0 saturated heterocycles. The van der Waals surface area contributed by atoms with E-state index in [0.29, 0.717) is 6.04 Å². The molecule has 0 fully saturated rings. The second kappa shape index (κ2) is 5.11. The van der Waals surface area contributed by atoms with Gasteiger partial charge in [0.1, 0.15) is 5.01 Å². The second-order valence-corrected chi connectivity index (χ2v) is 7.64. The predicted octanol–water partition coefficient (Wildman–Crippen LogP) is 4.45. The molecule has 98 valence electrons. The van der Waals surface area contributed by atoms with Gasteiger partial charge in [0.15, 0.2) is 0 Å². The first-order valence-corrected chi connectivity index (χ1v) is 7.79. The van der Waals surface area contributed by atoms with Gasteiger partial charge in [-0.3, -0.25) is 0 Å². The molecule has 0 aromatic carbocycles. The molecule has 2 rings (SSSR count). The second-order valence-electron chi connectivity index (χ2n) is 5.49. The zero-order chi connectivity index (χ0) is 13.3. The molecule has 1 unspecified atom stereocenters. The van der Waals surface area contributed by atoms with Crippen molar-refractivity contribution in [1.82, 2.24) is 10.3 Å². The maximum Gasteiger partial charge on any atom is 0.133 e. The first-order valence-electron chi connectivity index (χ1n) is 6.15. The number of rotatable bonds is 3. The highest BCUT2D eigenvalue weighted by molar-refractivity contribution is 7.21. The van der Waals surface area contributed by atoms with Crippen molar-refractivity contribution in [3.8, 4) is 9.88 Å². The van der Waals surface area contributed by atoms with Crippen LogP contribution >= 0.6 is 22.7 Å². The molecule has 2 heterocycles. The molecule has 0 aliphatic heterocycles. The van der Waals surface area contributed by atoms with Gasteiger partial charge in [0.25, 0.3) is 0 Å². The molecular formula is C14H20N2S2. The lowest BCUT2D eigenvalue weighted by atomic mass is 9.95. The highest BCUT2D eigenvalue weighted by atomic mass is 32.1. The Bertz CT molecular complexity index is 520. The number of thiazole rings is 1. The first kappa shape index (κ1) is 13.7. The van der Waals surface area contributed by atoms with Gasteiger partial charge in [0.2, 0.25) is 0 Å². The van der Waals surface area contributed by atoms with Gasteiger partial charge in [-0.05, 0) is 31.5 Å². The third-order valence-corrected chi connectivity index (χ3v) is 5.80. The quantitative estimate of drug-likeness (QED) is 0.898. The van der Waals surface area contributed by atoms with Crippen LogP contribution in [-0.4, -0.2) is 12.0 Å². The third-order valence-electron chi connectivity index (χ3n) is 2.94. The fraction of sp³-hybridized carbons (Fsp3) is 0.500. The van der Waals surface area contributed by atoms with E-state index >= 15 is 0 Å². The number of nitrogens with one attached hydrogen (secondary N) is 1. The molecule has 1 atom stereocenters. The van der Waals surface area contributed by atoms with Crippen molar-refractivity contribution < 1.29 is 0 Å². The van der Waals surface area contributed by atoms with E-state index in [1.807, 2.05) is 24.6 Å². The Morgan fingerprint density at radius 2 is 1.94 bits per heavy atom. The molecule has 0 bridgehead atoms. The lowest BCUT2D eigenvalue weighted by Crippen LogP contribution is -2.10. The molecule has 2 nitrogen and oxygen atoms in total. The molecular weight excluding hydrogens is 260 g/mol. The third kappa shape index (κ3) is 2.82. The van der Waals surface area contributed by atoms with Gasteiger partial charge in [-0.15, -0.1) is 22.7 Å². The fourth-order valence-electron chi connectivity index (χ4n) is 1.60. The van der Waals surface area contributed by atoms with Crippen molar-refractivity contribution in [3.63, 3.8) is 0 Å². The Morgan fingerprint density at radius 3 is 2.50 bits per heavy atom. The van der Waals surface area contributed by atoms with Crippen LogP contribution in [0.15, 0.2) is 18.3 Å². The van der Waals surface area contributed by atoms with Gasteiger partial charge >= 0.3 is 0 Å². The summed E-state index contributed by atoms with van der Waals surface area (Å²) in [6, 6.07) is 4.79. The zero-order valence-electron chi connectivity index (χ0n) is 11.6. The van der Waals surface area contributed by atoms with Crippen LogP contribution in [0.25, 0.3) is 9.88 Å². The van der Waals surface area contributed by atoms with Gasteiger partial charge in [-0.25, -0.2) is 4.98 Å². The number of nitrogens with zero attached hydrogens (tertiary/aromatic N) is 1. The minimum atomic E-state index is 0.223. The van der Waals surface area contributed by atoms with Crippen molar-refractivity contribution >= 4 is 22.7 Å². The average molecular weight is 280 g/mol. The summed E-state index contributed by atoms with van der Waals surface area (Å²) in [6.45, 7) is 8.91. The normalized spacial score (nSPS) is 13.8. The largest absolute Gasteiger partial charge is 0.312 e. The van der Waals surface area contributed by atoms with Crippen LogP contribution in [0, 0.1) is 0 Å². The smallest absolute Gasteiger partial charge is 0.133 e. The first-order chi connectivity index (χ1) is 8.41. The fourth-order valence-corrected chi connectivity index (χ4v) is 3.70. The van der Waals surface area contributed by atoms with E-state index < -0.39 is 0 Å². The minimum absolute atomic E-state index is 0.223. The monoisotopic (exact) mass is 280 g/mol. The molecule has 1 N–H and O–H groups in total. The van der Waals surface area contributed by atoms with Gasteiger partial charge in [0.05, 0.1) is 4.88 Å². The van der Waals surface area contributed by atoms with E-state index in [0.717, 1.165) is 5.01 Å². The summed E-state index contributed by atoms with van der Waals surface area (Å²) in [5, 5.41) is 4.38. The number of hydrogen-bond acceptors (Lipinski definition) is 4. The highest BCUT2D eigenvalue weighted by Gasteiger charge is 2.18. The standard InChI is InChI=1S/C14H20N2S2/c1-9(15-5)11-8-16-13(18-11)10-6-7-12(17-10)14(2,3)4/h6-9,15H,1-5H3. The van der Waals surface area contributed by atoms with Crippen LogP contribution in [0.1, 0.15) is 43.5 Å². The average Bonchev–Trinajstić information content (AvgIpc) is 2.94. The van der Waals surface area contributed by atoms with Crippen LogP contribution in [0.4, 0.5) is 0 Å². The van der Waals surface area contributed by atoms with Crippen LogP contribution < -0.4 is 5.32 Å². The molecule has 0 amide bonds. The number of aromatic nitrogens is 1. The molecule has 0 aliphatic carbocycles. The minimum Gasteiger partial charge on any atom is -0.312 e. The summed E-state index contributed by atoms with van der Waals surface area (Å²) in [4.78, 5) is 8.52. The van der Waals surface area contributed by atoms with E-state index in [1.165, 1.54) is 14.6 Å². The molecule has 0 saturated carbocycles. The van der Waals surface area contributed by atoms with E-state index in [9.17, 15) is 0 Å². The van der Waals surface area contributed by atoms with Crippen molar-refractivity contribution in [1.29, 1.82) is 0 Å². The molecule has 0 radical (unpaired) electrons. The Labute approximate surface area is 117 Å².